The Morgan fingerprint density at radius 2 is 2.12 bits per heavy atom. The lowest BCUT2D eigenvalue weighted by Crippen LogP contribution is -2.27. The highest BCUT2D eigenvalue weighted by molar-refractivity contribution is 7.11. The zero-order chi connectivity index (χ0) is 12.0. The number of hydrogen-bond donors (Lipinski definition) is 1. The lowest BCUT2D eigenvalue weighted by Gasteiger charge is -2.11. The van der Waals surface area contributed by atoms with E-state index in [4.69, 9.17) is 0 Å². The summed E-state index contributed by atoms with van der Waals surface area (Å²) in [5.41, 5.74) is 1.28. The van der Waals surface area contributed by atoms with Crippen molar-refractivity contribution in [2.24, 2.45) is 0 Å². The highest BCUT2D eigenvalue weighted by Crippen LogP contribution is 2.17. The predicted octanol–water partition coefficient (Wildman–Crippen LogP) is 3.33. The Morgan fingerprint density at radius 3 is 2.69 bits per heavy atom. The van der Waals surface area contributed by atoms with Crippen molar-refractivity contribution in [2.45, 2.75) is 59.4 Å². The quantitative estimate of drug-likeness (QED) is 0.790. The molecule has 0 amide bonds. The Bertz CT molecular complexity index is 307. The van der Waals surface area contributed by atoms with Crippen LogP contribution in [0.5, 0.6) is 0 Å². The molecule has 0 aliphatic rings. The van der Waals surface area contributed by atoms with Crippen molar-refractivity contribution in [2.75, 3.05) is 6.54 Å². The molecule has 0 fully saturated rings. The van der Waals surface area contributed by atoms with Gasteiger partial charge in [-0.2, -0.15) is 0 Å². The summed E-state index contributed by atoms with van der Waals surface area (Å²) in [7, 11) is 0. The molecule has 0 aliphatic carbocycles. The molecule has 0 aliphatic heterocycles. The third-order valence-electron chi connectivity index (χ3n) is 2.83. The van der Waals surface area contributed by atoms with Gasteiger partial charge < -0.3 is 5.32 Å². The molecule has 0 saturated heterocycles. The first-order valence-electron chi connectivity index (χ1n) is 6.35. The Morgan fingerprint density at radius 1 is 1.38 bits per heavy atom. The molecule has 0 aromatic carbocycles. The molecule has 1 N–H and O–H groups in total. The van der Waals surface area contributed by atoms with E-state index in [1.165, 1.54) is 28.4 Å². The molecule has 1 aromatic heterocycles. The molecule has 0 spiro atoms. The molecule has 1 heterocycles. The van der Waals surface area contributed by atoms with E-state index in [2.05, 4.69) is 38.0 Å². The summed E-state index contributed by atoms with van der Waals surface area (Å²) < 4.78 is 0. The molecule has 1 rings (SSSR count). The van der Waals surface area contributed by atoms with Crippen LogP contribution in [0.25, 0.3) is 0 Å². The van der Waals surface area contributed by atoms with E-state index in [1.807, 2.05) is 11.3 Å². The van der Waals surface area contributed by atoms with Crippen molar-refractivity contribution in [3.63, 3.8) is 0 Å². The summed E-state index contributed by atoms with van der Waals surface area (Å²) in [5.74, 6) is 0. The van der Waals surface area contributed by atoms with Crippen LogP contribution in [0.3, 0.4) is 0 Å². The molecule has 1 unspecified atom stereocenters. The van der Waals surface area contributed by atoms with Crippen LogP contribution in [0.2, 0.25) is 0 Å². The van der Waals surface area contributed by atoms with Crippen LogP contribution in [0.4, 0.5) is 0 Å². The van der Waals surface area contributed by atoms with Gasteiger partial charge in [0, 0.05) is 23.9 Å². The smallest absolute Gasteiger partial charge is 0.0943 e. The fourth-order valence-electron chi connectivity index (χ4n) is 1.88. The molecule has 16 heavy (non-hydrogen) atoms. The van der Waals surface area contributed by atoms with Gasteiger partial charge >= 0.3 is 0 Å². The zero-order valence-electron chi connectivity index (χ0n) is 11.0. The summed E-state index contributed by atoms with van der Waals surface area (Å²) in [6.07, 6.45) is 4.64. The largest absolute Gasteiger partial charge is 0.314 e. The van der Waals surface area contributed by atoms with Crippen LogP contribution in [-0.4, -0.2) is 17.6 Å². The Labute approximate surface area is 103 Å². The average Bonchev–Trinajstić information content (AvgIpc) is 2.59. The predicted molar refractivity (Wildman–Crippen MR) is 72.3 cm³/mol. The minimum absolute atomic E-state index is 0.636. The molecule has 3 heteroatoms. The minimum Gasteiger partial charge on any atom is -0.314 e. The lowest BCUT2D eigenvalue weighted by molar-refractivity contribution is 0.511. The van der Waals surface area contributed by atoms with Gasteiger partial charge in [0.1, 0.15) is 0 Å². The fourth-order valence-corrected chi connectivity index (χ4v) is 2.90. The van der Waals surface area contributed by atoms with Crippen LogP contribution in [0, 0.1) is 6.92 Å². The van der Waals surface area contributed by atoms with E-state index in [1.54, 1.807) is 0 Å². The van der Waals surface area contributed by atoms with E-state index in [-0.39, 0.29) is 0 Å². The Hall–Kier alpha value is -0.410. The van der Waals surface area contributed by atoms with Gasteiger partial charge in [0.15, 0.2) is 0 Å². The Kier molecular flexibility index (Phi) is 5.99. The molecule has 2 nitrogen and oxygen atoms in total. The van der Waals surface area contributed by atoms with E-state index in [0.717, 1.165) is 19.4 Å². The van der Waals surface area contributed by atoms with Gasteiger partial charge in [-0.15, -0.1) is 11.3 Å². The van der Waals surface area contributed by atoms with Crippen molar-refractivity contribution < 1.29 is 0 Å². The SMILES string of the molecule is CCCC(C)NCCc1nc(CC)c(C)s1. The van der Waals surface area contributed by atoms with Gasteiger partial charge in [0.05, 0.1) is 10.7 Å². The van der Waals surface area contributed by atoms with Gasteiger partial charge in [-0.05, 0) is 26.7 Å². The number of thiazole rings is 1. The van der Waals surface area contributed by atoms with Gasteiger partial charge in [-0.3, -0.25) is 0 Å². The number of aryl methyl sites for hydroxylation is 2. The minimum atomic E-state index is 0.636. The summed E-state index contributed by atoms with van der Waals surface area (Å²) in [5, 5.41) is 4.83. The topological polar surface area (TPSA) is 24.9 Å². The van der Waals surface area contributed by atoms with Crippen molar-refractivity contribution in [1.82, 2.24) is 10.3 Å². The summed E-state index contributed by atoms with van der Waals surface area (Å²) in [4.78, 5) is 6.04. The number of nitrogens with one attached hydrogen (secondary N) is 1. The molecular formula is C13H24N2S. The summed E-state index contributed by atoms with van der Waals surface area (Å²) >= 11 is 1.85. The molecule has 1 aromatic rings. The molecule has 1 atom stereocenters. The molecule has 0 radical (unpaired) electrons. The first-order valence-corrected chi connectivity index (χ1v) is 7.17. The second-order valence-corrected chi connectivity index (χ2v) is 5.65. The standard InChI is InChI=1S/C13H24N2S/c1-5-7-10(3)14-9-8-13-15-12(6-2)11(4)16-13/h10,14H,5-9H2,1-4H3. The van der Waals surface area contributed by atoms with Gasteiger partial charge in [0.25, 0.3) is 0 Å². The third kappa shape index (κ3) is 4.22. The summed E-state index contributed by atoms with van der Waals surface area (Å²) in [6, 6.07) is 0.636. The van der Waals surface area contributed by atoms with Crippen LogP contribution < -0.4 is 5.32 Å². The van der Waals surface area contributed by atoms with Crippen molar-refractivity contribution in [1.29, 1.82) is 0 Å². The Balaban J connectivity index is 2.31. The molecular weight excluding hydrogens is 216 g/mol. The van der Waals surface area contributed by atoms with Gasteiger partial charge in [-0.1, -0.05) is 20.3 Å². The fraction of sp³-hybridized carbons (Fsp3) is 0.769. The van der Waals surface area contributed by atoms with Crippen LogP contribution in [-0.2, 0) is 12.8 Å². The second-order valence-electron chi connectivity index (χ2n) is 4.36. The van der Waals surface area contributed by atoms with Gasteiger partial charge in [0.2, 0.25) is 0 Å². The maximum absolute atomic E-state index is 4.65. The van der Waals surface area contributed by atoms with Crippen molar-refractivity contribution in [3.8, 4) is 0 Å². The number of nitrogens with zero attached hydrogens (tertiary/aromatic N) is 1. The highest BCUT2D eigenvalue weighted by Gasteiger charge is 2.06. The monoisotopic (exact) mass is 240 g/mol. The first kappa shape index (κ1) is 13.7. The maximum atomic E-state index is 4.65. The highest BCUT2D eigenvalue weighted by atomic mass is 32.1. The van der Waals surface area contributed by atoms with Gasteiger partial charge in [-0.25, -0.2) is 4.98 Å². The number of rotatable bonds is 7. The number of hydrogen-bond acceptors (Lipinski definition) is 3. The van der Waals surface area contributed by atoms with E-state index in [0.29, 0.717) is 6.04 Å². The van der Waals surface area contributed by atoms with E-state index in [9.17, 15) is 0 Å². The normalized spacial score (nSPS) is 13.0. The van der Waals surface area contributed by atoms with E-state index >= 15 is 0 Å². The maximum Gasteiger partial charge on any atom is 0.0943 e. The third-order valence-corrected chi connectivity index (χ3v) is 3.90. The van der Waals surface area contributed by atoms with Crippen LogP contribution in [0.15, 0.2) is 0 Å². The number of aromatic nitrogens is 1. The molecule has 92 valence electrons. The molecule has 0 bridgehead atoms. The second kappa shape index (κ2) is 7.02. The zero-order valence-corrected chi connectivity index (χ0v) is 11.8. The van der Waals surface area contributed by atoms with E-state index < -0.39 is 0 Å². The molecule has 0 saturated carbocycles. The lowest BCUT2D eigenvalue weighted by atomic mass is 10.2. The first-order chi connectivity index (χ1) is 7.67. The van der Waals surface area contributed by atoms with Crippen LogP contribution in [0.1, 0.15) is 49.2 Å². The average molecular weight is 240 g/mol. The van der Waals surface area contributed by atoms with Crippen molar-refractivity contribution >= 4 is 11.3 Å². The van der Waals surface area contributed by atoms with Crippen LogP contribution >= 0.6 is 11.3 Å². The summed E-state index contributed by atoms with van der Waals surface area (Å²) in [6.45, 7) is 9.89. The van der Waals surface area contributed by atoms with Crippen molar-refractivity contribution in [3.05, 3.63) is 15.6 Å².